The molecule has 3 aromatic rings. The minimum absolute atomic E-state index is 0.0416. The molecule has 3 aromatic carbocycles. The first-order valence-electron chi connectivity index (χ1n) is 11.8. The molecule has 3 nitrogen and oxygen atoms in total. The maximum atomic E-state index is 9.91. The van der Waals surface area contributed by atoms with Crippen molar-refractivity contribution in [1.29, 1.82) is 0 Å². The lowest BCUT2D eigenvalue weighted by Gasteiger charge is -2.22. The second-order valence-electron chi connectivity index (χ2n) is 10.1. The Balaban J connectivity index is 0.000000255. The number of hydrogen-bond donors (Lipinski definition) is 3. The Morgan fingerprint density at radius 2 is 1.27 bits per heavy atom. The van der Waals surface area contributed by atoms with Gasteiger partial charge in [-0.25, -0.2) is 0 Å². The minimum Gasteiger partial charge on any atom is -0.507 e. The van der Waals surface area contributed by atoms with Crippen LogP contribution in [-0.4, -0.2) is 5.11 Å². The van der Waals surface area contributed by atoms with Crippen molar-refractivity contribution in [3.05, 3.63) is 94.5 Å². The first-order chi connectivity index (χ1) is 15.4. The van der Waals surface area contributed by atoms with Crippen molar-refractivity contribution >= 4 is 5.69 Å². The Hall–Kier alpha value is -2.78. The van der Waals surface area contributed by atoms with Crippen LogP contribution >= 0.6 is 0 Å². The van der Waals surface area contributed by atoms with Crippen LogP contribution in [0.1, 0.15) is 88.1 Å². The molecule has 0 aliphatic rings. The second-order valence-corrected chi connectivity index (χ2v) is 10.1. The average molecular weight is 449 g/mol. The molecular weight excluding hydrogens is 404 g/mol. The zero-order valence-corrected chi connectivity index (χ0v) is 21.8. The highest BCUT2D eigenvalue weighted by atomic mass is 16.3. The predicted molar refractivity (Wildman–Crippen MR) is 145 cm³/mol. The number of phenols is 1. The van der Waals surface area contributed by atoms with Crippen molar-refractivity contribution in [1.82, 2.24) is 0 Å². The predicted octanol–water partition coefficient (Wildman–Crippen LogP) is 7.66. The lowest BCUT2D eigenvalue weighted by atomic mass is 9.84. The van der Waals surface area contributed by atoms with E-state index >= 15 is 0 Å². The number of aryl methyl sites for hydroxylation is 1. The normalized spacial score (nSPS) is 10.9. The number of anilines is 1. The molecule has 0 fully saturated rings. The van der Waals surface area contributed by atoms with E-state index in [-0.39, 0.29) is 5.41 Å². The number of nitrogens with two attached hydrogens (primary N) is 2. The Labute approximate surface area is 201 Å². The van der Waals surface area contributed by atoms with Gasteiger partial charge < -0.3 is 16.6 Å². The third-order valence-corrected chi connectivity index (χ3v) is 5.47. The van der Waals surface area contributed by atoms with E-state index < -0.39 is 0 Å². The summed E-state index contributed by atoms with van der Waals surface area (Å²) in [6.45, 7) is 17.4. The standard InChI is InChI=1S/C12H19NO.C9H13N.C9H12/c1-8-5-9(7-13)6-10(11(8)14)12(2,3)4;1-7(2)8-3-5-9(10)6-4-8;1-8(2)9-6-4-3-5-7-9/h5-6,14H,7,13H2,1-4H3;3-7H,10H2,1-2H3;3-8H,1-2H3. The highest BCUT2D eigenvalue weighted by Gasteiger charge is 2.19. The van der Waals surface area contributed by atoms with Crippen LogP contribution in [0.2, 0.25) is 0 Å². The molecule has 3 heteroatoms. The van der Waals surface area contributed by atoms with Crippen LogP contribution in [0, 0.1) is 6.92 Å². The molecule has 180 valence electrons. The van der Waals surface area contributed by atoms with Crippen molar-refractivity contribution in [3.63, 3.8) is 0 Å². The van der Waals surface area contributed by atoms with Gasteiger partial charge in [-0.2, -0.15) is 0 Å². The molecule has 0 aliphatic heterocycles. The zero-order chi connectivity index (χ0) is 25.2. The highest BCUT2D eigenvalue weighted by Crippen LogP contribution is 2.33. The zero-order valence-electron chi connectivity index (χ0n) is 21.8. The maximum Gasteiger partial charge on any atom is 0.122 e. The van der Waals surface area contributed by atoms with Crippen molar-refractivity contribution < 1.29 is 5.11 Å². The Kier molecular flexibility index (Phi) is 11.2. The fourth-order valence-corrected chi connectivity index (χ4v) is 3.26. The molecule has 0 spiro atoms. The first-order valence-corrected chi connectivity index (χ1v) is 11.8. The van der Waals surface area contributed by atoms with Gasteiger partial charge in [0.15, 0.2) is 0 Å². The van der Waals surface area contributed by atoms with Gasteiger partial charge in [0.25, 0.3) is 0 Å². The number of rotatable bonds is 3. The number of phenolic OH excluding ortho intramolecular Hbond substituents is 1. The average Bonchev–Trinajstić information content (AvgIpc) is 2.76. The lowest BCUT2D eigenvalue weighted by molar-refractivity contribution is 0.442. The monoisotopic (exact) mass is 448 g/mol. The highest BCUT2D eigenvalue weighted by molar-refractivity contribution is 5.46. The van der Waals surface area contributed by atoms with E-state index in [1.165, 1.54) is 11.1 Å². The second kappa shape index (κ2) is 13.1. The molecule has 0 radical (unpaired) electrons. The summed E-state index contributed by atoms with van der Waals surface area (Å²) < 4.78 is 0. The fraction of sp³-hybridized carbons (Fsp3) is 0.400. The molecule has 0 atom stereocenters. The third-order valence-electron chi connectivity index (χ3n) is 5.47. The van der Waals surface area contributed by atoms with Crippen LogP contribution < -0.4 is 11.5 Å². The van der Waals surface area contributed by atoms with E-state index in [0.717, 1.165) is 22.4 Å². The van der Waals surface area contributed by atoms with Gasteiger partial charge in [-0.05, 0) is 64.1 Å². The number of hydrogen-bond acceptors (Lipinski definition) is 3. The van der Waals surface area contributed by atoms with Crippen LogP contribution in [-0.2, 0) is 12.0 Å². The van der Waals surface area contributed by atoms with Crippen molar-refractivity contribution in [3.8, 4) is 5.75 Å². The van der Waals surface area contributed by atoms with Gasteiger partial charge in [0.05, 0.1) is 0 Å². The molecule has 0 aromatic heterocycles. The molecule has 0 unspecified atom stereocenters. The summed E-state index contributed by atoms with van der Waals surface area (Å²) in [5.41, 5.74) is 17.6. The van der Waals surface area contributed by atoms with E-state index in [1.807, 2.05) is 37.3 Å². The third kappa shape index (κ3) is 9.71. The summed E-state index contributed by atoms with van der Waals surface area (Å²) in [5.74, 6) is 1.65. The van der Waals surface area contributed by atoms with Crippen LogP contribution in [0.4, 0.5) is 5.69 Å². The molecule has 0 bridgehead atoms. The topological polar surface area (TPSA) is 72.3 Å². The van der Waals surface area contributed by atoms with Crippen LogP contribution in [0.25, 0.3) is 0 Å². The minimum atomic E-state index is -0.0416. The van der Waals surface area contributed by atoms with Crippen LogP contribution in [0.15, 0.2) is 66.7 Å². The molecule has 0 amide bonds. The van der Waals surface area contributed by atoms with Gasteiger partial charge in [-0.3, -0.25) is 0 Å². The number of benzene rings is 3. The van der Waals surface area contributed by atoms with Gasteiger partial charge in [0.1, 0.15) is 5.75 Å². The lowest BCUT2D eigenvalue weighted by Crippen LogP contribution is -2.13. The van der Waals surface area contributed by atoms with Crippen molar-refractivity contribution in [2.75, 3.05) is 5.73 Å². The largest absolute Gasteiger partial charge is 0.507 e. The Morgan fingerprint density at radius 1 is 0.788 bits per heavy atom. The van der Waals surface area contributed by atoms with Crippen molar-refractivity contribution in [2.45, 2.75) is 79.2 Å². The fourth-order valence-electron chi connectivity index (χ4n) is 3.26. The summed E-state index contributed by atoms with van der Waals surface area (Å²) in [4.78, 5) is 0. The number of aromatic hydroxyl groups is 1. The molecular formula is C30H44N2O. The van der Waals surface area contributed by atoms with E-state index in [2.05, 4.69) is 84.9 Å². The van der Waals surface area contributed by atoms with Gasteiger partial charge in [-0.1, -0.05) is 103 Å². The summed E-state index contributed by atoms with van der Waals surface area (Å²) in [5, 5.41) is 9.91. The van der Waals surface area contributed by atoms with Crippen LogP contribution in [0.5, 0.6) is 5.75 Å². The smallest absolute Gasteiger partial charge is 0.122 e. The van der Waals surface area contributed by atoms with Gasteiger partial charge in [0.2, 0.25) is 0 Å². The Morgan fingerprint density at radius 3 is 1.67 bits per heavy atom. The molecule has 0 saturated heterocycles. The summed E-state index contributed by atoms with van der Waals surface area (Å²) in [6, 6.07) is 22.5. The van der Waals surface area contributed by atoms with E-state index in [0.29, 0.717) is 24.1 Å². The van der Waals surface area contributed by atoms with E-state index in [9.17, 15) is 5.11 Å². The van der Waals surface area contributed by atoms with E-state index in [4.69, 9.17) is 11.5 Å². The summed E-state index contributed by atoms with van der Waals surface area (Å²) in [6.07, 6.45) is 0. The molecule has 33 heavy (non-hydrogen) atoms. The van der Waals surface area contributed by atoms with Crippen molar-refractivity contribution in [2.24, 2.45) is 5.73 Å². The summed E-state index contributed by atoms with van der Waals surface area (Å²) in [7, 11) is 0. The van der Waals surface area contributed by atoms with Gasteiger partial charge in [-0.15, -0.1) is 0 Å². The van der Waals surface area contributed by atoms with Crippen LogP contribution in [0.3, 0.4) is 0 Å². The van der Waals surface area contributed by atoms with Gasteiger partial charge >= 0.3 is 0 Å². The van der Waals surface area contributed by atoms with E-state index in [1.54, 1.807) is 0 Å². The molecule has 0 saturated carbocycles. The quantitative estimate of drug-likeness (QED) is 0.360. The molecule has 0 aliphatic carbocycles. The molecule has 0 heterocycles. The number of nitrogen functional groups attached to an aromatic ring is 1. The Bertz CT molecular complexity index is 953. The molecule has 5 N–H and O–H groups in total. The SMILES string of the molecule is CC(C)c1ccc(N)cc1.CC(C)c1ccccc1.Cc1cc(CN)cc(C(C)(C)C)c1O. The van der Waals surface area contributed by atoms with Gasteiger partial charge in [0, 0.05) is 12.2 Å². The first kappa shape index (κ1) is 28.3. The maximum absolute atomic E-state index is 9.91. The summed E-state index contributed by atoms with van der Waals surface area (Å²) >= 11 is 0. The molecule has 3 rings (SSSR count).